The highest BCUT2D eigenvalue weighted by Gasteiger charge is 2.14. The number of amides is 1. The Bertz CT molecular complexity index is 592. The smallest absolute Gasteiger partial charge is 0.255 e. The highest BCUT2D eigenvalue weighted by Crippen LogP contribution is 2.27. The number of benzene rings is 1. The number of aromatic nitrogens is 1. The summed E-state index contributed by atoms with van der Waals surface area (Å²) in [4.78, 5) is 15.8. The van der Waals surface area contributed by atoms with Gasteiger partial charge >= 0.3 is 0 Å². The molecule has 2 rings (SSSR count). The molecule has 0 radical (unpaired) electrons. The van der Waals surface area contributed by atoms with E-state index in [4.69, 9.17) is 4.42 Å². The molecule has 0 saturated carbocycles. The lowest BCUT2D eigenvalue weighted by Gasteiger charge is -2.06. The van der Waals surface area contributed by atoms with Crippen molar-refractivity contribution in [1.82, 2.24) is 10.3 Å². The summed E-state index contributed by atoms with van der Waals surface area (Å²) in [6.07, 6.45) is 2.33. The van der Waals surface area contributed by atoms with Crippen LogP contribution < -0.4 is 5.32 Å². The quantitative estimate of drug-likeness (QED) is 0.727. The van der Waals surface area contributed by atoms with Gasteiger partial charge in [-0.15, -0.1) is 0 Å². The number of rotatable bonds is 4. The summed E-state index contributed by atoms with van der Waals surface area (Å²) in [5.74, 6) is -0.155. The van der Waals surface area contributed by atoms with Crippen LogP contribution in [0.3, 0.4) is 0 Å². The van der Waals surface area contributed by atoms with Crippen LogP contribution in [-0.4, -0.2) is 21.1 Å². The predicted octanol–water partition coefficient (Wildman–Crippen LogP) is 1.58. The largest absolute Gasteiger partial charge is 0.504 e. The third-order valence-electron chi connectivity index (χ3n) is 2.61. The van der Waals surface area contributed by atoms with Gasteiger partial charge in [-0.1, -0.05) is 13.0 Å². The molecule has 0 bridgehead atoms. The number of phenols is 2. The van der Waals surface area contributed by atoms with Crippen molar-refractivity contribution in [2.75, 3.05) is 0 Å². The molecule has 1 aromatic heterocycles. The third-order valence-corrected chi connectivity index (χ3v) is 2.61. The highest BCUT2D eigenvalue weighted by molar-refractivity contribution is 5.97. The molecule has 2 aromatic rings. The molecule has 1 aromatic carbocycles. The zero-order valence-corrected chi connectivity index (χ0v) is 10.4. The van der Waals surface area contributed by atoms with Crippen LogP contribution in [0.4, 0.5) is 0 Å². The monoisotopic (exact) mass is 262 g/mol. The maximum atomic E-state index is 11.8. The molecule has 19 heavy (non-hydrogen) atoms. The Morgan fingerprint density at radius 1 is 1.42 bits per heavy atom. The van der Waals surface area contributed by atoms with Crippen molar-refractivity contribution in [3.05, 3.63) is 41.6 Å². The molecular weight excluding hydrogens is 248 g/mol. The summed E-state index contributed by atoms with van der Waals surface area (Å²) in [6, 6.07) is 4.19. The van der Waals surface area contributed by atoms with Gasteiger partial charge in [0.1, 0.15) is 5.76 Å². The Balaban J connectivity index is 2.03. The summed E-state index contributed by atoms with van der Waals surface area (Å²) >= 11 is 0. The number of oxazole rings is 1. The van der Waals surface area contributed by atoms with Gasteiger partial charge in [-0.2, -0.15) is 0 Å². The molecule has 0 fully saturated rings. The van der Waals surface area contributed by atoms with E-state index in [1.54, 1.807) is 6.20 Å². The lowest BCUT2D eigenvalue weighted by atomic mass is 10.1. The minimum Gasteiger partial charge on any atom is -0.504 e. The van der Waals surface area contributed by atoms with E-state index in [0.717, 1.165) is 12.2 Å². The topological polar surface area (TPSA) is 95.6 Å². The molecule has 6 nitrogen and oxygen atoms in total. The molecule has 0 saturated heterocycles. The Labute approximate surface area is 109 Å². The number of hydrogen-bond acceptors (Lipinski definition) is 5. The van der Waals surface area contributed by atoms with Crippen LogP contribution in [0.2, 0.25) is 0 Å². The number of hydrogen-bond donors (Lipinski definition) is 3. The maximum absolute atomic E-state index is 11.8. The fourth-order valence-electron chi connectivity index (χ4n) is 1.56. The van der Waals surface area contributed by atoms with Gasteiger partial charge in [0.05, 0.1) is 18.3 Å². The van der Waals surface area contributed by atoms with E-state index >= 15 is 0 Å². The molecular formula is C13H14N2O4. The Hall–Kier alpha value is -2.50. The number of carbonyl (C=O) groups is 1. The first kappa shape index (κ1) is 12.9. The summed E-state index contributed by atoms with van der Waals surface area (Å²) in [5.41, 5.74) is 0.00210. The number of aromatic hydroxyl groups is 2. The zero-order valence-electron chi connectivity index (χ0n) is 10.4. The van der Waals surface area contributed by atoms with Gasteiger partial charge in [0.15, 0.2) is 11.5 Å². The fraction of sp³-hybridized carbons (Fsp3) is 0.231. The van der Waals surface area contributed by atoms with Crippen molar-refractivity contribution in [2.24, 2.45) is 0 Å². The maximum Gasteiger partial charge on any atom is 0.255 e. The van der Waals surface area contributed by atoms with Crippen LogP contribution >= 0.6 is 0 Å². The lowest BCUT2D eigenvalue weighted by Crippen LogP contribution is -2.23. The number of phenolic OH excluding ortho intramolecular Hbond substituents is 2. The zero-order chi connectivity index (χ0) is 13.8. The second-order valence-corrected chi connectivity index (χ2v) is 3.93. The Morgan fingerprint density at radius 2 is 2.21 bits per heavy atom. The number of para-hydroxylation sites is 1. The van der Waals surface area contributed by atoms with E-state index in [2.05, 4.69) is 10.3 Å². The average Bonchev–Trinajstić information content (AvgIpc) is 2.87. The van der Waals surface area contributed by atoms with Crippen LogP contribution in [0.5, 0.6) is 11.5 Å². The van der Waals surface area contributed by atoms with Crippen molar-refractivity contribution in [2.45, 2.75) is 19.9 Å². The van der Waals surface area contributed by atoms with E-state index in [1.165, 1.54) is 18.2 Å². The van der Waals surface area contributed by atoms with Crippen molar-refractivity contribution in [3.63, 3.8) is 0 Å². The first-order valence-electron chi connectivity index (χ1n) is 5.84. The van der Waals surface area contributed by atoms with Crippen LogP contribution in [-0.2, 0) is 13.0 Å². The summed E-state index contributed by atoms with van der Waals surface area (Å²) < 4.78 is 5.34. The first-order chi connectivity index (χ1) is 9.11. The van der Waals surface area contributed by atoms with Gasteiger partial charge < -0.3 is 19.9 Å². The molecule has 0 aliphatic heterocycles. The van der Waals surface area contributed by atoms with Crippen molar-refractivity contribution >= 4 is 5.91 Å². The van der Waals surface area contributed by atoms with Gasteiger partial charge in [0, 0.05) is 6.42 Å². The number of nitrogens with zero attached hydrogens (tertiary/aromatic N) is 1. The fourth-order valence-corrected chi connectivity index (χ4v) is 1.56. The minimum atomic E-state index is -0.510. The predicted molar refractivity (Wildman–Crippen MR) is 66.8 cm³/mol. The number of carbonyl (C=O) groups excluding carboxylic acids is 1. The molecule has 6 heteroatoms. The molecule has 0 unspecified atom stereocenters. The first-order valence-corrected chi connectivity index (χ1v) is 5.84. The minimum absolute atomic E-state index is 0.00210. The molecule has 0 spiro atoms. The third kappa shape index (κ3) is 2.85. The lowest BCUT2D eigenvalue weighted by molar-refractivity contribution is 0.0943. The van der Waals surface area contributed by atoms with E-state index in [-0.39, 0.29) is 17.9 Å². The number of nitrogens with one attached hydrogen (secondary N) is 1. The Kier molecular flexibility index (Phi) is 3.70. The second kappa shape index (κ2) is 5.43. The van der Waals surface area contributed by atoms with Crippen LogP contribution in [0.15, 0.2) is 28.8 Å². The van der Waals surface area contributed by atoms with Crippen molar-refractivity contribution in [3.8, 4) is 11.5 Å². The molecule has 1 heterocycles. The second-order valence-electron chi connectivity index (χ2n) is 3.93. The van der Waals surface area contributed by atoms with E-state index in [1.807, 2.05) is 6.92 Å². The average molecular weight is 262 g/mol. The van der Waals surface area contributed by atoms with E-state index < -0.39 is 11.7 Å². The van der Waals surface area contributed by atoms with Crippen LogP contribution in [0.25, 0.3) is 0 Å². The summed E-state index contributed by atoms with van der Waals surface area (Å²) in [5, 5.41) is 21.4. The van der Waals surface area contributed by atoms with Crippen LogP contribution in [0, 0.1) is 0 Å². The normalized spacial score (nSPS) is 10.4. The van der Waals surface area contributed by atoms with E-state index in [9.17, 15) is 15.0 Å². The van der Waals surface area contributed by atoms with Gasteiger partial charge in [-0.25, -0.2) is 4.98 Å². The van der Waals surface area contributed by atoms with Crippen molar-refractivity contribution < 1.29 is 19.4 Å². The molecule has 100 valence electrons. The van der Waals surface area contributed by atoms with Crippen LogP contribution in [0.1, 0.15) is 28.9 Å². The number of aryl methyl sites for hydroxylation is 1. The van der Waals surface area contributed by atoms with Gasteiger partial charge in [-0.05, 0) is 12.1 Å². The standard InChI is InChI=1S/C13H14N2O4/c1-2-8-6-14-11(19-8)7-15-13(18)9-4-3-5-10(16)12(9)17/h3-6,16-17H,2,7H2,1H3,(H,15,18). The highest BCUT2D eigenvalue weighted by atomic mass is 16.4. The van der Waals surface area contributed by atoms with E-state index in [0.29, 0.717) is 5.89 Å². The summed E-state index contributed by atoms with van der Waals surface area (Å²) in [6.45, 7) is 2.06. The Morgan fingerprint density at radius 3 is 2.89 bits per heavy atom. The summed E-state index contributed by atoms with van der Waals surface area (Å²) in [7, 11) is 0. The van der Waals surface area contributed by atoms with Crippen molar-refractivity contribution in [1.29, 1.82) is 0 Å². The molecule has 0 aliphatic rings. The molecule has 0 atom stereocenters. The van der Waals surface area contributed by atoms with Gasteiger partial charge in [-0.3, -0.25) is 4.79 Å². The van der Waals surface area contributed by atoms with Gasteiger partial charge in [0.25, 0.3) is 5.91 Å². The van der Waals surface area contributed by atoms with Gasteiger partial charge in [0.2, 0.25) is 5.89 Å². The molecule has 3 N–H and O–H groups in total. The molecule has 0 aliphatic carbocycles. The molecule has 1 amide bonds. The SMILES string of the molecule is CCc1cnc(CNC(=O)c2cccc(O)c2O)o1.